The van der Waals surface area contributed by atoms with Crippen LogP contribution >= 0.6 is 11.6 Å². The first-order valence-corrected chi connectivity index (χ1v) is 7.35. The van der Waals surface area contributed by atoms with Crippen LogP contribution in [0, 0.1) is 6.92 Å². The van der Waals surface area contributed by atoms with E-state index in [9.17, 15) is 0 Å². The van der Waals surface area contributed by atoms with Gasteiger partial charge in [0.1, 0.15) is 0 Å². The molecule has 0 radical (unpaired) electrons. The topological polar surface area (TPSA) is 38.3 Å². The van der Waals surface area contributed by atoms with Gasteiger partial charge in [-0.25, -0.2) is 9.97 Å². The van der Waals surface area contributed by atoms with Gasteiger partial charge in [0, 0.05) is 11.6 Å². The highest BCUT2D eigenvalue weighted by atomic mass is 35.5. The second kappa shape index (κ2) is 6.20. The van der Waals surface area contributed by atoms with Crippen LogP contribution in [0.5, 0.6) is 5.88 Å². The normalized spacial score (nSPS) is 14.0. The zero-order chi connectivity index (χ0) is 15.5. The highest BCUT2D eigenvalue weighted by Crippen LogP contribution is 2.32. The van der Waals surface area contributed by atoms with Crippen molar-refractivity contribution < 1.29 is 4.74 Å². The smallest absolute Gasteiger partial charge is 0.257 e. The standard InChI is InChI=1S/C17H16ClN3O/c1-12-11-19-16(17(20-12)22-2)21-10-4-3-5-15(21)13-6-8-14(18)9-7-13/h3-9,11H,10H2,1-2H3. The summed E-state index contributed by atoms with van der Waals surface area (Å²) in [4.78, 5) is 11.0. The van der Waals surface area contributed by atoms with Crippen LogP contribution in [0.2, 0.25) is 5.02 Å². The Labute approximate surface area is 134 Å². The fraction of sp³-hybridized carbons (Fsp3) is 0.176. The van der Waals surface area contributed by atoms with Crippen molar-refractivity contribution in [3.8, 4) is 5.88 Å². The molecule has 0 N–H and O–H groups in total. The molecule has 22 heavy (non-hydrogen) atoms. The largest absolute Gasteiger partial charge is 0.478 e. The van der Waals surface area contributed by atoms with Crippen LogP contribution in [0.3, 0.4) is 0 Å². The van der Waals surface area contributed by atoms with Gasteiger partial charge in [-0.15, -0.1) is 0 Å². The van der Waals surface area contributed by atoms with E-state index in [0.717, 1.165) is 22.0 Å². The summed E-state index contributed by atoms with van der Waals surface area (Å²) in [7, 11) is 1.61. The summed E-state index contributed by atoms with van der Waals surface area (Å²) in [5.74, 6) is 1.23. The van der Waals surface area contributed by atoms with E-state index >= 15 is 0 Å². The fourth-order valence-electron chi connectivity index (χ4n) is 2.36. The molecule has 4 nitrogen and oxygen atoms in total. The van der Waals surface area contributed by atoms with Crippen molar-refractivity contribution in [2.24, 2.45) is 0 Å². The maximum atomic E-state index is 5.98. The second-order valence-corrected chi connectivity index (χ2v) is 5.38. The van der Waals surface area contributed by atoms with Crippen LogP contribution in [0.4, 0.5) is 5.82 Å². The Morgan fingerprint density at radius 2 is 2.00 bits per heavy atom. The summed E-state index contributed by atoms with van der Waals surface area (Å²) in [5.41, 5.74) is 2.93. The predicted octanol–water partition coefficient (Wildman–Crippen LogP) is 3.86. The van der Waals surface area contributed by atoms with E-state index in [2.05, 4.69) is 20.9 Å². The molecule has 1 aliphatic rings. The van der Waals surface area contributed by atoms with E-state index < -0.39 is 0 Å². The van der Waals surface area contributed by atoms with Gasteiger partial charge in [0.25, 0.3) is 5.88 Å². The van der Waals surface area contributed by atoms with E-state index in [1.807, 2.05) is 43.3 Å². The van der Waals surface area contributed by atoms with Gasteiger partial charge in [-0.1, -0.05) is 35.9 Å². The minimum atomic E-state index is 0.523. The van der Waals surface area contributed by atoms with Crippen molar-refractivity contribution in [3.63, 3.8) is 0 Å². The van der Waals surface area contributed by atoms with Gasteiger partial charge in [0.15, 0.2) is 5.82 Å². The lowest BCUT2D eigenvalue weighted by Crippen LogP contribution is -2.25. The van der Waals surface area contributed by atoms with Crippen LogP contribution in [0.25, 0.3) is 5.70 Å². The van der Waals surface area contributed by atoms with Crippen molar-refractivity contribution in [1.29, 1.82) is 0 Å². The van der Waals surface area contributed by atoms with E-state index in [0.29, 0.717) is 18.2 Å². The Morgan fingerprint density at radius 1 is 1.23 bits per heavy atom. The maximum Gasteiger partial charge on any atom is 0.257 e. The molecular formula is C17H16ClN3O. The third kappa shape index (κ3) is 2.83. The Balaban J connectivity index is 2.04. The molecule has 0 saturated carbocycles. The average Bonchev–Trinajstić information content (AvgIpc) is 2.55. The van der Waals surface area contributed by atoms with Crippen molar-refractivity contribution in [2.75, 3.05) is 18.6 Å². The first-order valence-electron chi connectivity index (χ1n) is 6.97. The first kappa shape index (κ1) is 14.6. The number of aryl methyl sites for hydroxylation is 1. The number of allylic oxidation sites excluding steroid dienone is 2. The van der Waals surface area contributed by atoms with Crippen molar-refractivity contribution in [2.45, 2.75) is 6.92 Å². The molecule has 3 rings (SSSR count). The first-order chi connectivity index (χ1) is 10.7. The number of aromatic nitrogens is 2. The van der Waals surface area contributed by atoms with Gasteiger partial charge in [-0.05, 0) is 30.7 Å². The van der Waals surface area contributed by atoms with Crippen molar-refractivity contribution >= 4 is 23.1 Å². The molecule has 1 aromatic carbocycles. The fourth-order valence-corrected chi connectivity index (χ4v) is 2.48. The summed E-state index contributed by atoms with van der Waals surface area (Å²) in [6, 6.07) is 7.75. The highest BCUT2D eigenvalue weighted by molar-refractivity contribution is 6.30. The van der Waals surface area contributed by atoms with E-state index in [-0.39, 0.29) is 0 Å². The molecule has 0 aliphatic carbocycles. The Kier molecular flexibility index (Phi) is 4.11. The number of hydrogen-bond acceptors (Lipinski definition) is 4. The number of rotatable bonds is 3. The number of ether oxygens (including phenoxy) is 1. The summed E-state index contributed by atoms with van der Waals surface area (Å²) in [5, 5.41) is 0.718. The molecule has 0 bridgehead atoms. The Hall–Kier alpha value is -2.33. The van der Waals surface area contributed by atoms with E-state index in [1.165, 1.54) is 0 Å². The van der Waals surface area contributed by atoms with Crippen LogP contribution in [0.1, 0.15) is 11.3 Å². The van der Waals surface area contributed by atoms with Crippen LogP contribution in [-0.2, 0) is 0 Å². The van der Waals surface area contributed by atoms with Gasteiger partial charge >= 0.3 is 0 Å². The van der Waals surface area contributed by atoms with Crippen molar-refractivity contribution in [3.05, 3.63) is 65.0 Å². The van der Waals surface area contributed by atoms with Gasteiger partial charge in [-0.2, -0.15) is 0 Å². The lowest BCUT2D eigenvalue weighted by atomic mass is 10.1. The van der Waals surface area contributed by atoms with Gasteiger partial charge < -0.3 is 9.64 Å². The third-order valence-corrected chi connectivity index (χ3v) is 3.65. The van der Waals surface area contributed by atoms with Crippen LogP contribution in [0.15, 0.2) is 48.7 Å². The molecule has 5 heteroatoms. The number of nitrogens with zero attached hydrogens (tertiary/aromatic N) is 3. The quantitative estimate of drug-likeness (QED) is 0.862. The maximum absolute atomic E-state index is 5.98. The van der Waals surface area contributed by atoms with Crippen LogP contribution in [-0.4, -0.2) is 23.6 Å². The average molecular weight is 314 g/mol. The molecule has 112 valence electrons. The van der Waals surface area contributed by atoms with Gasteiger partial charge in [-0.3, -0.25) is 0 Å². The molecule has 0 fully saturated rings. The lowest BCUT2D eigenvalue weighted by molar-refractivity contribution is 0.395. The second-order valence-electron chi connectivity index (χ2n) is 4.94. The molecule has 1 aliphatic heterocycles. The number of benzene rings is 1. The SMILES string of the molecule is COc1nc(C)cnc1N1CC=CC=C1c1ccc(Cl)cc1. The molecular weight excluding hydrogens is 298 g/mol. The molecule has 0 amide bonds. The minimum absolute atomic E-state index is 0.523. The van der Waals surface area contributed by atoms with Crippen LogP contribution < -0.4 is 9.64 Å². The third-order valence-electron chi connectivity index (χ3n) is 3.40. The zero-order valence-electron chi connectivity index (χ0n) is 12.5. The summed E-state index contributed by atoms with van der Waals surface area (Å²) in [6.07, 6.45) is 7.90. The predicted molar refractivity (Wildman–Crippen MR) is 89.2 cm³/mol. The Bertz CT molecular complexity index is 738. The molecule has 0 atom stereocenters. The minimum Gasteiger partial charge on any atom is -0.478 e. The summed E-state index contributed by atoms with van der Waals surface area (Å²) < 4.78 is 5.40. The van der Waals surface area contributed by atoms with E-state index in [1.54, 1.807) is 13.3 Å². The molecule has 0 saturated heterocycles. The highest BCUT2D eigenvalue weighted by Gasteiger charge is 2.20. The number of anilines is 1. The van der Waals surface area contributed by atoms with Crippen molar-refractivity contribution in [1.82, 2.24) is 9.97 Å². The zero-order valence-corrected chi connectivity index (χ0v) is 13.2. The number of hydrogen-bond donors (Lipinski definition) is 0. The monoisotopic (exact) mass is 313 g/mol. The summed E-state index contributed by atoms with van der Waals surface area (Å²) in [6.45, 7) is 2.61. The van der Waals surface area contributed by atoms with Gasteiger partial charge in [0.05, 0.1) is 24.7 Å². The summed E-state index contributed by atoms with van der Waals surface area (Å²) >= 11 is 5.98. The molecule has 2 aromatic rings. The number of methoxy groups -OCH3 is 1. The van der Waals surface area contributed by atoms with E-state index in [4.69, 9.17) is 16.3 Å². The molecule has 0 unspecified atom stereocenters. The Morgan fingerprint density at radius 3 is 2.73 bits per heavy atom. The van der Waals surface area contributed by atoms with Gasteiger partial charge in [0.2, 0.25) is 0 Å². The lowest BCUT2D eigenvalue weighted by Gasteiger charge is -2.28. The number of halogens is 1. The molecule has 0 spiro atoms. The molecule has 2 heterocycles. The molecule has 1 aromatic heterocycles.